The van der Waals surface area contributed by atoms with Crippen molar-refractivity contribution in [1.29, 1.82) is 0 Å². The lowest BCUT2D eigenvalue weighted by Crippen LogP contribution is -2.60. The molecule has 1 aliphatic heterocycles. The van der Waals surface area contributed by atoms with Crippen LogP contribution in [0, 0.1) is 0 Å². The second kappa shape index (κ2) is 14.0. The molecule has 11 nitrogen and oxygen atoms in total. The molecule has 0 bridgehead atoms. The largest absolute Gasteiger partial charge is 0.493 e. The summed E-state index contributed by atoms with van der Waals surface area (Å²) in [6.07, 6.45) is -3.64. The minimum atomic E-state index is -1.55. The summed E-state index contributed by atoms with van der Waals surface area (Å²) in [5.41, 5.74) is 1.53. The first kappa shape index (κ1) is 29.2. The quantitative estimate of drug-likeness (QED) is 0.268. The van der Waals surface area contributed by atoms with Gasteiger partial charge < -0.3 is 48.5 Å². The highest BCUT2D eigenvalue weighted by atomic mass is 16.7. The van der Waals surface area contributed by atoms with Crippen LogP contribution in [0.5, 0.6) is 23.0 Å². The number of benzene rings is 2. The van der Waals surface area contributed by atoms with E-state index in [0.717, 1.165) is 11.6 Å². The molecular weight excluding hydrogens is 500 g/mol. The molecule has 1 saturated heterocycles. The average Bonchev–Trinajstić information content (AvgIpc) is 2.95. The van der Waals surface area contributed by atoms with Gasteiger partial charge in [-0.25, -0.2) is 4.79 Å². The molecule has 11 heteroatoms. The third-order valence-electron chi connectivity index (χ3n) is 6.01. The molecule has 0 aromatic heterocycles. The molecule has 38 heavy (non-hydrogen) atoms. The van der Waals surface area contributed by atoms with Gasteiger partial charge >= 0.3 is 5.97 Å². The zero-order valence-corrected chi connectivity index (χ0v) is 21.7. The van der Waals surface area contributed by atoms with Crippen molar-refractivity contribution in [2.45, 2.75) is 37.1 Å². The van der Waals surface area contributed by atoms with Crippen LogP contribution in [-0.4, -0.2) is 93.6 Å². The molecule has 3 N–H and O–H groups in total. The van der Waals surface area contributed by atoms with Crippen LogP contribution in [0.3, 0.4) is 0 Å². The first-order valence-corrected chi connectivity index (χ1v) is 11.9. The van der Waals surface area contributed by atoms with Crippen LogP contribution >= 0.6 is 0 Å². The lowest BCUT2D eigenvalue weighted by atomic mass is 9.99. The first-order chi connectivity index (χ1) is 18.3. The van der Waals surface area contributed by atoms with Crippen molar-refractivity contribution >= 4 is 12.0 Å². The standard InChI is InChI=1S/C27H34O11/c1-32-18-8-5-16(13-20(18)34-3)7-10-23(29)38-26-22(15-28)37-27(25(31)24(26)30)36-12-11-17-6-9-19(33-2)21(14-17)35-4/h5-10,13-14,22,24-28,30-31H,11-12,15H2,1-4H3/t22-,24-,25-,26-,27-/m1/s1. The summed E-state index contributed by atoms with van der Waals surface area (Å²) in [5.74, 6) is 1.39. The van der Waals surface area contributed by atoms with E-state index in [1.807, 2.05) is 6.07 Å². The van der Waals surface area contributed by atoms with Crippen LogP contribution in [0.15, 0.2) is 42.5 Å². The number of hydrogen-bond acceptors (Lipinski definition) is 11. The lowest BCUT2D eigenvalue weighted by Gasteiger charge is -2.41. The van der Waals surface area contributed by atoms with Gasteiger partial charge in [-0.15, -0.1) is 0 Å². The van der Waals surface area contributed by atoms with E-state index in [1.165, 1.54) is 27.4 Å². The molecule has 2 aromatic rings. The van der Waals surface area contributed by atoms with Crippen molar-refractivity contribution in [3.8, 4) is 23.0 Å². The topological polar surface area (TPSA) is 142 Å². The van der Waals surface area contributed by atoms with Crippen molar-refractivity contribution in [3.05, 3.63) is 53.6 Å². The van der Waals surface area contributed by atoms with Gasteiger partial charge in [0, 0.05) is 6.08 Å². The molecule has 1 heterocycles. The Morgan fingerprint density at radius 1 is 0.895 bits per heavy atom. The number of aliphatic hydroxyl groups excluding tert-OH is 3. The Hall–Kier alpha value is -3.35. The summed E-state index contributed by atoms with van der Waals surface area (Å²) in [6, 6.07) is 10.5. The maximum Gasteiger partial charge on any atom is 0.331 e. The van der Waals surface area contributed by atoms with Crippen LogP contribution in [-0.2, 0) is 25.4 Å². The molecule has 0 unspecified atom stereocenters. The van der Waals surface area contributed by atoms with Gasteiger partial charge in [-0.05, 0) is 47.9 Å². The predicted molar refractivity (Wildman–Crippen MR) is 135 cm³/mol. The van der Waals surface area contributed by atoms with Crippen molar-refractivity contribution < 1.29 is 53.3 Å². The van der Waals surface area contributed by atoms with Crippen LogP contribution in [0.4, 0.5) is 0 Å². The molecule has 1 fully saturated rings. The van der Waals surface area contributed by atoms with E-state index >= 15 is 0 Å². The van der Waals surface area contributed by atoms with E-state index in [1.54, 1.807) is 37.4 Å². The van der Waals surface area contributed by atoms with Crippen LogP contribution in [0.2, 0.25) is 0 Å². The molecule has 0 spiro atoms. The van der Waals surface area contributed by atoms with E-state index in [-0.39, 0.29) is 6.61 Å². The monoisotopic (exact) mass is 534 g/mol. The van der Waals surface area contributed by atoms with Gasteiger partial charge in [0.05, 0.1) is 41.7 Å². The minimum absolute atomic E-state index is 0.139. The number of carbonyl (C=O) groups is 1. The third kappa shape index (κ3) is 7.15. The summed E-state index contributed by atoms with van der Waals surface area (Å²) in [4.78, 5) is 12.4. The number of rotatable bonds is 12. The van der Waals surface area contributed by atoms with E-state index < -0.39 is 43.3 Å². The normalized spacial score (nSPS) is 23.2. The van der Waals surface area contributed by atoms with Crippen LogP contribution < -0.4 is 18.9 Å². The average molecular weight is 535 g/mol. The summed E-state index contributed by atoms with van der Waals surface area (Å²) in [7, 11) is 6.10. The molecule has 5 atom stereocenters. The lowest BCUT2D eigenvalue weighted by molar-refractivity contribution is -0.302. The van der Waals surface area contributed by atoms with Crippen molar-refractivity contribution in [3.63, 3.8) is 0 Å². The van der Waals surface area contributed by atoms with Gasteiger partial charge in [-0.1, -0.05) is 12.1 Å². The molecule has 0 radical (unpaired) electrons. The highest BCUT2D eigenvalue weighted by molar-refractivity contribution is 5.87. The Morgan fingerprint density at radius 3 is 2.16 bits per heavy atom. The SMILES string of the molecule is COc1ccc(C=CC(=O)O[C@H]2[C@H](O)[C@@H](O)[C@H](OCCc3ccc(OC)c(OC)c3)O[C@@H]2CO)cc1OC. The fraction of sp³-hybridized carbons (Fsp3) is 0.444. The molecule has 0 amide bonds. The molecule has 0 aliphatic carbocycles. The highest BCUT2D eigenvalue weighted by Gasteiger charge is 2.46. The number of methoxy groups -OCH3 is 4. The van der Waals surface area contributed by atoms with E-state index in [2.05, 4.69) is 0 Å². The predicted octanol–water partition coefficient (Wildman–Crippen LogP) is 1.34. The van der Waals surface area contributed by atoms with Gasteiger partial charge in [0.25, 0.3) is 0 Å². The molecule has 1 aliphatic rings. The molecule has 3 rings (SSSR count). The second-order valence-corrected chi connectivity index (χ2v) is 8.37. The first-order valence-electron chi connectivity index (χ1n) is 11.9. The number of aliphatic hydroxyl groups is 3. The molecule has 2 aromatic carbocycles. The summed E-state index contributed by atoms with van der Waals surface area (Å²) in [5, 5.41) is 31.0. The third-order valence-corrected chi connectivity index (χ3v) is 6.01. The summed E-state index contributed by atoms with van der Waals surface area (Å²) >= 11 is 0. The maximum absolute atomic E-state index is 12.4. The number of hydrogen-bond donors (Lipinski definition) is 3. The van der Waals surface area contributed by atoms with Crippen LogP contribution in [0.25, 0.3) is 6.08 Å². The highest BCUT2D eigenvalue weighted by Crippen LogP contribution is 2.29. The van der Waals surface area contributed by atoms with E-state index in [9.17, 15) is 20.1 Å². The van der Waals surface area contributed by atoms with Gasteiger partial charge in [0.2, 0.25) is 0 Å². The zero-order chi connectivity index (χ0) is 27.7. The van der Waals surface area contributed by atoms with Crippen molar-refractivity contribution in [2.75, 3.05) is 41.7 Å². The molecule has 208 valence electrons. The Kier molecular flexibility index (Phi) is 10.7. The minimum Gasteiger partial charge on any atom is -0.493 e. The fourth-order valence-corrected chi connectivity index (χ4v) is 3.96. The van der Waals surface area contributed by atoms with Gasteiger partial charge in [-0.2, -0.15) is 0 Å². The van der Waals surface area contributed by atoms with Gasteiger partial charge in [0.15, 0.2) is 35.4 Å². The number of ether oxygens (including phenoxy) is 7. The summed E-state index contributed by atoms with van der Waals surface area (Å²) < 4.78 is 37.5. The molecular formula is C27H34O11. The van der Waals surface area contributed by atoms with Crippen molar-refractivity contribution in [1.82, 2.24) is 0 Å². The number of esters is 1. The summed E-state index contributed by atoms with van der Waals surface area (Å²) in [6.45, 7) is -0.433. The van der Waals surface area contributed by atoms with Crippen LogP contribution in [0.1, 0.15) is 11.1 Å². The van der Waals surface area contributed by atoms with E-state index in [0.29, 0.717) is 35.0 Å². The molecule has 0 saturated carbocycles. The number of carbonyl (C=O) groups excluding carboxylic acids is 1. The Morgan fingerprint density at radius 2 is 1.53 bits per heavy atom. The van der Waals surface area contributed by atoms with Gasteiger partial charge in [-0.3, -0.25) is 0 Å². The Balaban J connectivity index is 1.57. The zero-order valence-electron chi connectivity index (χ0n) is 21.7. The maximum atomic E-state index is 12.4. The second-order valence-electron chi connectivity index (χ2n) is 8.37. The fourth-order valence-electron chi connectivity index (χ4n) is 3.96. The van der Waals surface area contributed by atoms with E-state index in [4.69, 9.17) is 33.2 Å². The Bertz CT molecular complexity index is 1080. The van der Waals surface area contributed by atoms with Gasteiger partial charge in [0.1, 0.15) is 18.3 Å². The smallest absolute Gasteiger partial charge is 0.331 e. The van der Waals surface area contributed by atoms with Crippen molar-refractivity contribution in [2.24, 2.45) is 0 Å². The Labute approximate surface area is 221 Å².